The van der Waals surface area contributed by atoms with Crippen LogP contribution in [0.4, 0.5) is 0 Å². The molecule has 3 nitrogen and oxygen atoms in total. The fraction of sp³-hybridized carbons (Fsp3) is 0.400. The van der Waals surface area contributed by atoms with Crippen molar-refractivity contribution < 1.29 is 0 Å². The summed E-state index contributed by atoms with van der Waals surface area (Å²) < 4.78 is 2.18. The Morgan fingerprint density at radius 3 is 2.79 bits per heavy atom. The van der Waals surface area contributed by atoms with E-state index >= 15 is 0 Å². The summed E-state index contributed by atoms with van der Waals surface area (Å²) in [7, 11) is 1.99. The van der Waals surface area contributed by atoms with E-state index in [-0.39, 0.29) is 0 Å². The van der Waals surface area contributed by atoms with Crippen molar-refractivity contribution in [1.82, 2.24) is 14.9 Å². The van der Waals surface area contributed by atoms with E-state index in [1.54, 1.807) is 0 Å². The van der Waals surface area contributed by atoms with Crippen molar-refractivity contribution in [2.75, 3.05) is 7.05 Å². The van der Waals surface area contributed by atoms with Gasteiger partial charge < -0.3 is 9.88 Å². The summed E-state index contributed by atoms with van der Waals surface area (Å²) >= 11 is 6.22. The molecule has 2 rings (SSSR count). The molecule has 0 aliphatic rings. The number of aromatic nitrogens is 2. The molecule has 19 heavy (non-hydrogen) atoms. The van der Waals surface area contributed by atoms with Gasteiger partial charge in [-0.05, 0) is 32.0 Å². The molecular weight excluding hydrogens is 258 g/mol. The first-order valence-electron chi connectivity index (χ1n) is 6.65. The monoisotopic (exact) mass is 277 g/mol. The smallest absolute Gasteiger partial charge is 0.110 e. The lowest BCUT2D eigenvalue weighted by Crippen LogP contribution is -2.31. The molecule has 1 heterocycles. The van der Waals surface area contributed by atoms with Gasteiger partial charge in [0.15, 0.2) is 0 Å². The lowest BCUT2D eigenvalue weighted by atomic mass is 10.0. The third-order valence-corrected chi connectivity index (χ3v) is 3.77. The van der Waals surface area contributed by atoms with Crippen LogP contribution in [0.5, 0.6) is 0 Å². The summed E-state index contributed by atoms with van der Waals surface area (Å²) in [5.74, 6) is 1.12. The molecule has 0 bridgehead atoms. The molecule has 1 aromatic heterocycles. The maximum Gasteiger partial charge on any atom is 0.110 e. The maximum atomic E-state index is 6.22. The fourth-order valence-corrected chi connectivity index (χ4v) is 2.46. The third-order valence-electron chi connectivity index (χ3n) is 3.40. The quantitative estimate of drug-likeness (QED) is 0.880. The summed E-state index contributed by atoms with van der Waals surface area (Å²) in [6.07, 6.45) is 5.70. The Morgan fingerprint density at radius 2 is 2.11 bits per heavy atom. The van der Waals surface area contributed by atoms with E-state index < -0.39 is 0 Å². The average Bonchev–Trinajstić information content (AvgIpc) is 2.87. The molecule has 2 aromatic rings. The number of hydrogen-bond donors (Lipinski definition) is 1. The lowest BCUT2D eigenvalue weighted by Gasteiger charge is -2.17. The Hall–Kier alpha value is -1.32. The number of halogens is 1. The van der Waals surface area contributed by atoms with E-state index in [9.17, 15) is 0 Å². The molecule has 0 radical (unpaired) electrons. The fourth-order valence-electron chi connectivity index (χ4n) is 2.24. The standard InChI is InChI=1S/C15H20ClN3/c1-3-19-9-8-18-15(19)11-13(17-2)10-12-6-4-5-7-14(12)16/h4-9,13,17H,3,10-11H2,1-2H3. The van der Waals surface area contributed by atoms with Crippen LogP contribution in [0, 0.1) is 0 Å². The van der Waals surface area contributed by atoms with Crippen LogP contribution in [0.25, 0.3) is 0 Å². The van der Waals surface area contributed by atoms with Gasteiger partial charge in [-0.2, -0.15) is 0 Å². The highest BCUT2D eigenvalue weighted by atomic mass is 35.5. The molecule has 1 unspecified atom stereocenters. The zero-order valence-electron chi connectivity index (χ0n) is 11.4. The highest BCUT2D eigenvalue weighted by molar-refractivity contribution is 6.31. The number of imidazole rings is 1. The molecule has 1 N–H and O–H groups in total. The van der Waals surface area contributed by atoms with Gasteiger partial charge in [0.1, 0.15) is 5.82 Å². The van der Waals surface area contributed by atoms with Crippen molar-refractivity contribution in [3.8, 4) is 0 Å². The highest BCUT2D eigenvalue weighted by Crippen LogP contribution is 2.17. The summed E-state index contributed by atoms with van der Waals surface area (Å²) in [5, 5.41) is 4.19. The molecule has 0 aliphatic carbocycles. The Labute approximate surface area is 119 Å². The molecule has 0 saturated carbocycles. The van der Waals surface area contributed by atoms with Crippen molar-refractivity contribution >= 4 is 11.6 Å². The minimum atomic E-state index is 0.340. The molecule has 4 heteroatoms. The summed E-state index contributed by atoms with van der Waals surface area (Å²) in [4.78, 5) is 4.43. The van der Waals surface area contributed by atoms with Gasteiger partial charge >= 0.3 is 0 Å². The first-order chi connectivity index (χ1) is 9.24. The first-order valence-corrected chi connectivity index (χ1v) is 7.03. The summed E-state index contributed by atoms with van der Waals surface area (Å²) in [6.45, 7) is 3.09. The Balaban J connectivity index is 2.07. The maximum absolute atomic E-state index is 6.22. The van der Waals surface area contributed by atoms with Gasteiger partial charge in [-0.1, -0.05) is 29.8 Å². The molecule has 102 valence electrons. The zero-order chi connectivity index (χ0) is 13.7. The van der Waals surface area contributed by atoms with Crippen molar-refractivity contribution in [1.29, 1.82) is 0 Å². The third kappa shape index (κ3) is 3.58. The second-order valence-corrected chi connectivity index (χ2v) is 5.02. The Morgan fingerprint density at radius 1 is 1.32 bits per heavy atom. The number of benzene rings is 1. The van der Waals surface area contributed by atoms with E-state index in [0.29, 0.717) is 6.04 Å². The average molecular weight is 278 g/mol. The van der Waals surface area contributed by atoms with E-state index in [1.165, 1.54) is 5.56 Å². The zero-order valence-corrected chi connectivity index (χ0v) is 12.2. The van der Waals surface area contributed by atoms with Gasteiger partial charge in [0, 0.05) is 36.4 Å². The van der Waals surface area contributed by atoms with Gasteiger partial charge in [-0.15, -0.1) is 0 Å². The Kier molecular flexibility index (Phi) is 5.00. The van der Waals surface area contributed by atoms with Crippen molar-refractivity contribution in [2.24, 2.45) is 0 Å². The summed E-state index contributed by atoms with van der Waals surface area (Å²) in [6, 6.07) is 8.35. The van der Waals surface area contributed by atoms with Crippen LogP contribution in [0.3, 0.4) is 0 Å². The number of rotatable bonds is 6. The van der Waals surface area contributed by atoms with Crippen molar-refractivity contribution in [2.45, 2.75) is 32.4 Å². The van der Waals surface area contributed by atoms with Crippen LogP contribution in [0.1, 0.15) is 18.3 Å². The van der Waals surface area contributed by atoms with Crippen LogP contribution in [-0.4, -0.2) is 22.6 Å². The van der Waals surface area contributed by atoms with Crippen LogP contribution < -0.4 is 5.32 Å². The molecule has 1 atom stereocenters. The van der Waals surface area contributed by atoms with E-state index in [0.717, 1.165) is 30.2 Å². The SMILES string of the molecule is CCn1ccnc1CC(Cc1ccccc1Cl)NC. The largest absolute Gasteiger partial charge is 0.335 e. The van der Waals surface area contributed by atoms with Crippen LogP contribution in [0.15, 0.2) is 36.7 Å². The minimum Gasteiger partial charge on any atom is -0.335 e. The normalized spacial score (nSPS) is 12.6. The Bertz CT molecular complexity index is 522. The molecule has 1 aromatic carbocycles. The number of hydrogen-bond acceptors (Lipinski definition) is 2. The van der Waals surface area contributed by atoms with Gasteiger partial charge in [0.05, 0.1) is 0 Å². The van der Waals surface area contributed by atoms with E-state index in [4.69, 9.17) is 11.6 Å². The second-order valence-electron chi connectivity index (χ2n) is 4.61. The van der Waals surface area contributed by atoms with Crippen LogP contribution in [0.2, 0.25) is 5.02 Å². The molecular formula is C15H20ClN3. The second kappa shape index (κ2) is 6.73. The van der Waals surface area contributed by atoms with E-state index in [1.807, 2.05) is 37.6 Å². The predicted molar refractivity (Wildman–Crippen MR) is 79.6 cm³/mol. The molecule has 0 spiro atoms. The van der Waals surface area contributed by atoms with Crippen LogP contribution >= 0.6 is 11.6 Å². The molecule has 0 aliphatic heterocycles. The number of nitrogens with one attached hydrogen (secondary N) is 1. The number of likely N-dealkylation sites (N-methyl/N-ethyl adjacent to an activating group) is 1. The highest BCUT2D eigenvalue weighted by Gasteiger charge is 2.13. The number of nitrogens with zero attached hydrogens (tertiary/aromatic N) is 2. The summed E-state index contributed by atoms with van der Waals surface area (Å²) in [5.41, 5.74) is 1.18. The predicted octanol–water partition coefficient (Wildman–Crippen LogP) is 2.93. The van der Waals surface area contributed by atoms with E-state index in [2.05, 4.69) is 27.9 Å². The van der Waals surface area contributed by atoms with Crippen molar-refractivity contribution in [3.05, 3.63) is 53.1 Å². The van der Waals surface area contributed by atoms with Crippen molar-refractivity contribution in [3.63, 3.8) is 0 Å². The lowest BCUT2D eigenvalue weighted by molar-refractivity contribution is 0.527. The molecule has 0 fully saturated rings. The number of aryl methyl sites for hydroxylation is 1. The van der Waals surface area contributed by atoms with Gasteiger partial charge in [-0.3, -0.25) is 0 Å². The van der Waals surface area contributed by atoms with Crippen LogP contribution in [-0.2, 0) is 19.4 Å². The molecule has 0 amide bonds. The first kappa shape index (κ1) is 14.1. The minimum absolute atomic E-state index is 0.340. The van der Waals surface area contributed by atoms with Gasteiger partial charge in [0.2, 0.25) is 0 Å². The molecule has 0 saturated heterocycles. The topological polar surface area (TPSA) is 29.9 Å². The van der Waals surface area contributed by atoms with Gasteiger partial charge in [-0.25, -0.2) is 4.98 Å². The van der Waals surface area contributed by atoms with Gasteiger partial charge in [0.25, 0.3) is 0 Å².